The van der Waals surface area contributed by atoms with Gasteiger partial charge in [-0.15, -0.1) is 0 Å². The molecule has 0 atom stereocenters. The molecule has 0 aliphatic heterocycles. The monoisotopic (exact) mass is 362 g/mol. The molecule has 2 N–H and O–H groups in total. The van der Waals surface area contributed by atoms with E-state index in [9.17, 15) is 14.4 Å². The number of nitrogens with one attached hydrogen (secondary N) is 2. The Morgan fingerprint density at radius 2 is 1.81 bits per heavy atom. The van der Waals surface area contributed by atoms with Crippen LogP contribution in [0.2, 0.25) is 0 Å². The van der Waals surface area contributed by atoms with E-state index in [0.717, 1.165) is 16.4 Å². The number of fused-ring (bicyclic) bond motifs is 3. The Hall–Kier alpha value is -3.87. The van der Waals surface area contributed by atoms with Crippen LogP contribution in [-0.2, 0) is 9.53 Å². The highest BCUT2D eigenvalue weighted by Crippen LogP contribution is 2.30. The van der Waals surface area contributed by atoms with Crippen molar-refractivity contribution in [3.8, 4) is 0 Å². The number of carbonyl (C=O) groups excluding carboxylic acids is 2. The normalized spacial score (nSPS) is 10.8. The number of pyridine rings is 1. The fraction of sp³-hybridized carbons (Fsp3) is 0.0500. The van der Waals surface area contributed by atoms with Gasteiger partial charge in [0.25, 0.3) is 11.5 Å². The Labute approximate surface area is 152 Å². The number of H-pyrrole nitrogens is 1. The van der Waals surface area contributed by atoms with Gasteiger partial charge in [0.1, 0.15) is 16.7 Å². The Bertz CT molecular complexity index is 1220. The second kappa shape index (κ2) is 6.80. The highest BCUT2D eigenvalue weighted by molar-refractivity contribution is 6.07. The number of hydrogen-bond acceptors (Lipinski definition) is 5. The Kier molecular flexibility index (Phi) is 4.18. The molecule has 0 fully saturated rings. The first-order valence-electron chi connectivity index (χ1n) is 8.18. The van der Waals surface area contributed by atoms with Gasteiger partial charge >= 0.3 is 5.97 Å². The summed E-state index contributed by atoms with van der Waals surface area (Å²) in [5.74, 6) is -1.37. The van der Waals surface area contributed by atoms with E-state index in [0.29, 0.717) is 11.3 Å². The fourth-order valence-electron chi connectivity index (χ4n) is 2.79. The molecule has 4 rings (SSSR count). The molecule has 27 heavy (non-hydrogen) atoms. The molecule has 0 bridgehead atoms. The van der Waals surface area contributed by atoms with Crippen LogP contribution in [0.5, 0.6) is 0 Å². The van der Waals surface area contributed by atoms with Crippen molar-refractivity contribution in [3.05, 3.63) is 76.7 Å². The lowest BCUT2D eigenvalue weighted by Crippen LogP contribution is -2.24. The van der Waals surface area contributed by atoms with E-state index < -0.39 is 24.0 Å². The summed E-state index contributed by atoms with van der Waals surface area (Å²) < 4.78 is 10.6. The molecule has 4 aromatic rings. The highest BCUT2D eigenvalue weighted by atomic mass is 16.5. The molecule has 0 saturated carbocycles. The summed E-state index contributed by atoms with van der Waals surface area (Å²) in [5, 5.41) is 4.48. The zero-order valence-corrected chi connectivity index (χ0v) is 14.0. The number of ether oxygens (including phenoxy) is 1. The van der Waals surface area contributed by atoms with Crippen molar-refractivity contribution in [3.63, 3.8) is 0 Å². The van der Waals surface area contributed by atoms with Gasteiger partial charge in [0, 0.05) is 22.7 Å². The van der Waals surface area contributed by atoms with E-state index >= 15 is 0 Å². The molecule has 2 aromatic carbocycles. The number of furan rings is 1. The quantitative estimate of drug-likeness (QED) is 0.543. The number of rotatable bonds is 4. The lowest BCUT2D eigenvalue weighted by molar-refractivity contribution is -0.119. The van der Waals surface area contributed by atoms with E-state index in [4.69, 9.17) is 9.15 Å². The molecule has 0 aliphatic rings. The molecule has 0 spiro atoms. The van der Waals surface area contributed by atoms with Gasteiger partial charge in [0.15, 0.2) is 6.61 Å². The van der Waals surface area contributed by atoms with E-state index in [2.05, 4.69) is 10.3 Å². The molecule has 2 heterocycles. The molecule has 0 unspecified atom stereocenters. The molecule has 0 saturated heterocycles. The van der Waals surface area contributed by atoms with Crippen molar-refractivity contribution in [1.29, 1.82) is 0 Å². The van der Waals surface area contributed by atoms with Crippen LogP contribution in [0.25, 0.3) is 21.9 Å². The maximum atomic E-state index is 12.1. The first-order valence-corrected chi connectivity index (χ1v) is 8.18. The van der Waals surface area contributed by atoms with E-state index in [-0.39, 0.29) is 5.56 Å². The van der Waals surface area contributed by atoms with E-state index in [1.54, 1.807) is 18.2 Å². The SMILES string of the molecule is O=C(COC(=O)c1ccc[nH]c1=O)Nc1ccc2oc3ccccc3c2c1. The van der Waals surface area contributed by atoms with Gasteiger partial charge < -0.3 is 19.5 Å². The molecular weight excluding hydrogens is 348 g/mol. The minimum absolute atomic E-state index is 0.156. The number of esters is 1. The van der Waals surface area contributed by atoms with Crippen LogP contribution < -0.4 is 10.9 Å². The topological polar surface area (TPSA) is 101 Å². The maximum Gasteiger partial charge on any atom is 0.344 e. The summed E-state index contributed by atoms with van der Waals surface area (Å²) in [6, 6.07) is 15.7. The zero-order valence-electron chi connectivity index (χ0n) is 14.0. The van der Waals surface area contributed by atoms with Crippen LogP contribution in [0.4, 0.5) is 5.69 Å². The van der Waals surface area contributed by atoms with Crippen LogP contribution in [-0.4, -0.2) is 23.5 Å². The van der Waals surface area contributed by atoms with Crippen molar-refractivity contribution >= 4 is 39.5 Å². The van der Waals surface area contributed by atoms with Gasteiger partial charge in [0.2, 0.25) is 0 Å². The summed E-state index contributed by atoms with van der Waals surface area (Å²) >= 11 is 0. The molecule has 0 aliphatic carbocycles. The van der Waals surface area contributed by atoms with Crippen LogP contribution in [0.15, 0.2) is 70.0 Å². The lowest BCUT2D eigenvalue weighted by atomic mass is 10.1. The smallest absolute Gasteiger partial charge is 0.344 e. The third kappa shape index (κ3) is 3.30. The second-order valence-corrected chi connectivity index (χ2v) is 5.85. The van der Waals surface area contributed by atoms with Crippen LogP contribution in [0.1, 0.15) is 10.4 Å². The predicted octanol–water partition coefficient (Wildman–Crippen LogP) is 3.07. The number of benzene rings is 2. The first kappa shape index (κ1) is 16.6. The molecule has 7 heteroatoms. The number of aromatic nitrogens is 1. The highest BCUT2D eigenvalue weighted by Gasteiger charge is 2.14. The summed E-state index contributed by atoms with van der Waals surface area (Å²) in [6.07, 6.45) is 1.40. The standard InChI is InChI=1S/C20H14N2O5/c23-18(11-26-20(25)14-5-3-9-21-19(14)24)22-12-7-8-17-15(10-12)13-4-1-2-6-16(13)27-17/h1-10H,11H2,(H,21,24)(H,22,23). The average molecular weight is 362 g/mol. The van der Waals surface area contributed by atoms with Crippen LogP contribution in [0, 0.1) is 0 Å². The largest absolute Gasteiger partial charge is 0.456 e. The zero-order chi connectivity index (χ0) is 18.8. The second-order valence-electron chi connectivity index (χ2n) is 5.85. The number of para-hydroxylation sites is 1. The minimum atomic E-state index is -0.858. The fourth-order valence-corrected chi connectivity index (χ4v) is 2.79. The van der Waals surface area contributed by atoms with Gasteiger partial charge in [-0.1, -0.05) is 18.2 Å². The van der Waals surface area contributed by atoms with Crippen LogP contribution >= 0.6 is 0 Å². The summed E-state index contributed by atoms with van der Waals surface area (Å²) in [4.78, 5) is 37.9. The number of anilines is 1. The molecule has 1 amide bonds. The Morgan fingerprint density at radius 1 is 1.00 bits per heavy atom. The van der Waals surface area contributed by atoms with Crippen molar-refractivity contribution < 1.29 is 18.7 Å². The number of amides is 1. The lowest BCUT2D eigenvalue weighted by Gasteiger charge is -2.06. The summed E-state index contributed by atoms with van der Waals surface area (Å²) in [5.41, 5.74) is 1.30. The number of hydrogen-bond donors (Lipinski definition) is 2. The number of aromatic amines is 1. The molecule has 2 aromatic heterocycles. The molecular formula is C20H14N2O5. The third-order valence-corrected chi connectivity index (χ3v) is 4.03. The average Bonchev–Trinajstić information content (AvgIpc) is 3.04. The van der Waals surface area contributed by atoms with E-state index in [1.165, 1.54) is 18.3 Å². The van der Waals surface area contributed by atoms with Crippen molar-refractivity contribution in [2.24, 2.45) is 0 Å². The van der Waals surface area contributed by atoms with Gasteiger partial charge in [-0.3, -0.25) is 9.59 Å². The Balaban J connectivity index is 1.46. The van der Waals surface area contributed by atoms with Gasteiger partial charge in [-0.2, -0.15) is 0 Å². The van der Waals surface area contributed by atoms with Gasteiger partial charge in [-0.25, -0.2) is 4.79 Å². The number of carbonyl (C=O) groups is 2. The van der Waals surface area contributed by atoms with Gasteiger partial charge in [0.05, 0.1) is 0 Å². The first-order chi connectivity index (χ1) is 13.1. The summed E-state index contributed by atoms with van der Waals surface area (Å²) in [7, 11) is 0. The van der Waals surface area contributed by atoms with Crippen LogP contribution in [0.3, 0.4) is 0 Å². The van der Waals surface area contributed by atoms with Crippen molar-refractivity contribution in [1.82, 2.24) is 4.98 Å². The molecule has 134 valence electrons. The summed E-state index contributed by atoms with van der Waals surface area (Å²) in [6.45, 7) is -0.503. The predicted molar refractivity (Wildman–Crippen MR) is 99.7 cm³/mol. The van der Waals surface area contributed by atoms with Crippen molar-refractivity contribution in [2.75, 3.05) is 11.9 Å². The van der Waals surface area contributed by atoms with Gasteiger partial charge in [-0.05, 0) is 36.4 Å². The molecule has 7 nitrogen and oxygen atoms in total. The van der Waals surface area contributed by atoms with E-state index in [1.807, 2.05) is 24.3 Å². The third-order valence-electron chi connectivity index (χ3n) is 4.03. The molecule has 0 radical (unpaired) electrons. The minimum Gasteiger partial charge on any atom is -0.456 e. The Morgan fingerprint density at radius 3 is 2.67 bits per heavy atom. The van der Waals surface area contributed by atoms with Crippen molar-refractivity contribution in [2.45, 2.75) is 0 Å². The maximum absolute atomic E-state index is 12.1.